The van der Waals surface area contributed by atoms with Gasteiger partial charge in [-0.1, -0.05) is 29.7 Å². The zero-order valence-electron chi connectivity index (χ0n) is 22.3. The molecule has 214 valence electrons. The molecule has 2 heterocycles. The molecule has 2 aromatic heterocycles. The van der Waals surface area contributed by atoms with Gasteiger partial charge in [0.25, 0.3) is 0 Å². The number of terminal acetylenes is 1. The number of hydrogen-bond donors (Lipinski definition) is 2. The third-order valence-corrected chi connectivity index (χ3v) is 8.54. The maximum Gasteiger partial charge on any atom is 0.149 e. The third kappa shape index (κ3) is 7.40. The molecular formula is C30H25ClFN5O3S2. The van der Waals surface area contributed by atoms with Crippen LogP contribution in [0.1, 0.15) is 16.5 Å². The zero-order valence-corrected chi connectivity index (χ0v) is 24.7. The summed E-state index contributed by atoms with van der Waals surface area (Å²) in [4.78, 5) is 14.1. The highest BCUT2D eigenvalue weighted by Gasteiger charge is 2.20. The van der Waals surface area contributed by atoms with Gasteiger partial charge in [0.2, 0.25) is 0 Å². The molecule has 0 saturated carbocycles. The molecule has 5 aromatic rings. The van der Waals surface area contributed by atoms with Crippen molar-refractivity contribution in [3.63, 3.8) is 0 Å². The number of nitrogens with one attached hydrogen (secondary N) is 2. The lowest BCUT2D eigenvalue weighted by atomic mass is 10.1. The summed E-state index contributed by atoms with van der Waals surface area (Å²) in [5.41, 5.74) is 2.92. The average Bonchev–Trinajstić information content (AvgIpc) is 3.45. The lowest BCUT2D eigenvalue weighted by molar-refractivity contribution is 0.306. The van der Waals surface area contributed by atoms with Gasteiger partial charge in [0, 0.05) is 34.0 Å². The van der Waals surface area contributed by atoms with E-state index in [1.165, 1.54) is 36.1 Å². The fourth-order valence-corrected chi connectivity index (χ4v) is 6.45. The van der Waals surface area contributed by atoms with Gasteiger partial charge in [-0.05, 0) is 54.1 Å². The molecule has 0 bridgehead atoms. The summed E-state index contributed by atoms with van der Waals surface area (Å²) in [5, 5.41) is 8.24. The van der Waals surface area contributed by atoms with Crippen LogP contribution in [-0.4, -0.2) is 41.9 Å². The summed E-state index contributed by atoms with van der Waals surface area (Å²) >= 11 is 7.87. The van der Waals surface area contributed by atoms with E-state index in [0.29, 0.717) is 32.8 Å². The van der Waals surface area contributed by atoms with E-state index in [1.807, 2.05) is 24.3 Å². The predicted molar refractivity (Wildman–Crippen MR) is 165 cm³/mol. The fraction of sp³-hybridized carbons (Fsp3) is 0.167. The van der Waals surface area contributed by atoms with Crippen LogP contribution in [-0.2, 0) is 16.4 Å². The van der Waals surface area contributed by atoms with Crippen molar-refractivity contribution in [3.05, 3.63) is 94.5 Å². The number of nitrogens with zero attached hydrogens (tertiary/aromatic N) is 3. The number of thiazole rings is 1. The van der Waals surface area contributed by atoms with Gasteiger partial charge in [0.1, 0.15) is 45.2 Å². The molecule has 0 amide bonds. The standard InChI is InChI=1S/C30H25ClFN5O3S2/c1-3-11-33-26(17-42(2,38)39)28-15-34-30(41-28)20-7-9-25-23(13-20)29(36-18-35-25)37-22-8-10-27(24(31)14-22)40-16-19-5-4-6-21(32)12-19/h1,4-10,12-15,18,26,33H,11,16-17H2,2H3,(H,35,36,37). The Labute approximate surface area is 251 Å². The monoisotopic (exact) mass is 621 g/mol. The largest absolute Gasteiger partial charge is 0.487 e. The molecule has 0 saturated heterocycles. The van der Waals surface area contributed by atoms with Crippen LogP contribution in [0.4, 0.5) is 15.9 Å². The molecule has 0 aliphatic rings. The molecule has 1 unspecified atom stereocenters. The Hall–Kier alpha value is -4.08. The van der Waals surface area contributed by atoms with E-state index in [0.717, 1.165) is 21.3 Å². The Bertz CT molecular complexity index is 1890. The number of anilines is 2. The first-order valence-corrected chi connectivity index (χ1v) is 15.9. The highest BCUT2D eigenvalue weighted by molar-refractivity contribution is 7.90. The molecule has 12 heteroatoms. The lowest BCUT2D eigenvalue weighted by Crippen LogP contribution is -2.27. The molecule has 8 nitrogen and oxygen atoms in total. The molecule has 42 heavy (non-hydrogen) atoms. The molecule has 0 spiro atoms. The minimum absolute atomic E-state index is 0.0901. The van der Waals surface area contributed by atoms with E-state index in [-0.39, 0.29) is 24.7 Å². The fourth-order valence-electron chi connectivity index (χ4n) is 4.22. The molecule has 5 rings (SSSR count). The summed E-state index contributed by atoms with van der Waals surface area (Å²) in [5.74, 6) is 3.10. The molecule has 1 atom stereocenters. The van der Waals surface area contributed by atoms with Crippen molar-refractivity contribution < 1.29 is 17.5 Å². The number of benzene rings is 3. The highest BCUT2D eigenvalue weighted by atomic mass is 35.5. The molecule has 3 aromatic carbocycles. The van der Waals surface area contributed by atoms with Crippen LogP contribution in [0.5, 0.6) is 5.75 Å². The minimum Gasteiger partial charge on any atom is -0.487 e. The number of rotatable bonds is 11. The lowest BCUT2D eigenvalue weighted by Gasteiger charge is -2.14. The van der Waals surface area contributed by atoms with Gasteiger partial charge in [-0.15, -0.1) is 17.8 Å². The van der Waals surface area contributed by atoms with Gasteiger partial charge in [0.05, 0.1) is 28.9 Å². The number of hydrogen-bond acceptors (Lipinski definition) is 9. The van der Waals surface area contributed by atoms with Crippen LogP contribution < -0.4 is 15.4 Å². The summed E-state index contributed by atoms with van der Waals surface area (Å²) in [6.45, 7) is 0.414. The minimum atomic E-state index is -3.25. The predicted octanol–water partition coefficient (Wildman–Crippen LogP) is 6.18. The Morgan fingerprint density at radius 3 is 2.74 bits per heavy atom. The van der Waals surface area contributed by atoms with Crippen molar-refractivity contribution in [2.45, 2.75) is 12.6 Å². The van der Waals surface area contributed by atoms with Crippen molar-refractivity contribution in [3.8, 4) is 28.7 Å². The van der Waals surface area contributed by atoms with Crippen LogP contribution in [0, 0.1) is 18.2 Å². The van der Waals surface area contributed by atoms with Crippen molar-refractivity contribution >= 4 is 55.2 Å². The van der Waals surface area contributed by atoms with E-state index in [2.05, 4.69) is 31.5 Å². The molecule has 0 aliphatic heterocycles. The Morgan fingerprint density at radius 1 is 1.12 bits per heavy atom. The van der Waals surface area contributed by atoms with Gasteiger partial charge in [-0.25, -0.2) is 27.8 Å². The van der Waals surface area contributed by atoms with E-state index < -0.39 is 15.9 Å². The summed E-state index contributed by atoms with van der Waals surface area (Å²) < 4.78 is 43.2. The van der Waals surface area contributed by atoms with Gasteiger partial charge < -0.3 is 10.1 Å². The first-order valence-electron chi connectivity index (χ1n) is 12.7. The van der Waals surface area contributed by atoms with Crippen LogP contribution in [0.3, 0.4) is 0 Å². The quantitative estimate of drug-likeness (QED) is 0.169. The van der Waals surface area contributed by atoms with Gasteiger partial charge in [0.15, 0.2) is 0 Å². The smallest absolute Gasteiger partial charge is 0.149 e. The maximum atomic E-state index is 13.5. The first kappa shape index (κ1) is 29.4. The molecule has 0 fully saturated rings. The van der Waals surface area contributed by atoms with Gasteiger partial charge >= 0.3 is 0 Å². The topological polar surface area (TPSA) is 106 Å². The highest BCUT2D eigenvalue weighted by Crippen LogP contribution is 2.34. The van der Waals surface area contributed by atoms with Crippen LogP contribution in [0.15, 0.2) is 73.2 Å². The summed E-state index contributed by atoms with van der Waals surface area (Å²) in [6, 6.07) is 16.7. The van der Waals surface area contributed by atoms with E-state index >= 15 is 0 Å². The van der Waals surface area contributed by atoms with Crippen LogP contribution in [0.2, 0.25) is 5.02 Å². The second kappa shape index (κ2) is 12.8. The van der Waals surface area contributed by atoms with Gasteiger partial charge in [-0.2, -0.15) is 0 Å². The Kier molecular flexibility index (Phi) is 8.99. The third-order valence-electron chi connectivity index (χ3n) is 6.15. The first-order chi connectivity index (χ1) is 20.2. The SMILES string of the molecule is C#CCNC(CS(C)(=O)=O)c1cnc(-c2ccc3ncnc(Nc4ccc(OCc5cccc(F)c5)c(Cl)c4)c3c2)s1. The second-order valence-corrected chi connectivity index (χ2v) is 13.1. The number of aromatic nitrogens is 3. The number of fused-ring (bicyclic) bond motifs is 1. The number of sulfone groups is 1. The summed E-state index contributed by atoms with van der Waals surface area (Å²) in [6.07, 6.45) is 9.71. The average molecular weight is 622 g/mol. The molecule has 2 N–H and O–H groups in total. The van der Waals surface area contributed by atoms with E-state index in [4.69, 9.17) is 22.8 Å². The van der Waals surface area contributed by atoms with E-state index in [9.17, 15) is 12.8 Å². The van der Waals surface area contributed by atoms with Crippen molar-refractivity contribution in [2.75, 3.05) is 23.9 Å². The maximum absolute atomic E-state index is 13.5. The Morgan fingerprint density at radius 2 is 1.98 bits per heavy atom. The second-order valence-electron chi connectivity index (χ2n) is 9.44. The molecule has 0 aliphatic carbocycles. The summed E-state index contributed by atoms with van der Waals surface area (Å²) in [7, 11) is -3.25. The van der Waals surface area contributed by atoms with E-state index in [1.54, 1.807) is 30.5 Å². The van der Waals surface area contributed by atoms with Crippen LogP contribution >= 0.6 is 22.9 Å². The van der Waals surface area contributed by atoms with Crippen molar-refractivity contribution in [2.24, 2.45) is 0 Å². The zero-order chi connectivity index (χ0) is 29.7. The van der Waals surface area contributed by atoms with Crippen LogP contribution in [0.25, 0.3) is 21.5 Å². The number of ether oxygens (including phenoxy) is 1. The Balaban J connectivity index is 1.37. The van der Waals surface area contributed by atoms with Crippen molar-refractivity contribution in [1.29, 1.82) is 0 Å². The van der Waals surface area contributed by atoms with Crippen molar-refractivity contribution in [1.82, 2.24) is 20.3 Å². The van der Waals surface area contributed by atoms with Gasteiger partial charge in [-0.3, -0.25) is 5.32 Å². The molecular weight excluding hydrogens is 597 g/mol. The normalized spacial score (nSPS) is 12.1. The number of halogens is 2. The molecule has 0 radical (unpaired) electrons.